The quantitative estimate of drug-likeness (QED) is 0.562. The summed E-state index contributed by atoms with van der Waals surface area (Å²) in [6.45, 7) is 7.71. The normalized spacial score (nSPS) is 16.3. The third kappa shape index (κ3) is 7.58. The monoisotopic (exact) mass is 360 g/mol. The molecule has 0 radical (unpaired) electrons. The summed E-state index contributed by atoms with van der Waals surface area (Å²) in [5.41, 5.74) is 1.31. The Kier molecular flexibility index (Phi) is 8.14. The minimum Gasteiger partial charge on any atom is -0.508 e. The summed E-state index contributed by atoms with van der Waals surface area (Å²) in [5, 5.41) is 21.1. The number of aliphatic hydroxyl groups is 1. The van der Waals surface area contributed by atoms with Crippen molar-refractivity contribution >= 4 is 12.3 Å². The highest BCUT2D eigenvalue weighted by Gasteiger charge is 2.27. The molecule has 142 valence electrons. The van der Waals surface area contributed by atoms with Crippen LogP contribution in [0.25, 0.3) is 0 Å². The number of terminal acetylenes is 1. The van der Waals surface area contributed by atoms with Gasteiger partial charge in [0.2, 0.25) is 12.3 Å². The summed E-state index contributed by atoms with van der Waals surface area (Å²) in [7, 11) is 0. The van der Waals surface area contributed by atoms with Crippen LogP contribution in [0.1, 0.15) is 44.7 Å². The summed E-state index contributed by atoms with van der Waals surface area (Å²) >= 11 is 0. The van der Waals surface area contributed by atoms with Crippen molar-refractivity contribution in [3.63, 3.8) is 0 Å². The number of phenols is 1. The Bertz CT molecular complexity index is 659. The van der Waals surface area contributed by atoms with E-state index in [1.165, 1.54) is 6.07 Å². The van der Waals surface area contributed by atoms with Crippen LogP contribution in [0.4, 0.5) is 0 Å². The lowest BCUT2D eigenvalue weighted by atomic mass is 9.92. The Labute approximate surface area is 155 Å². The van der Waals surface area contributed by atoms with Crippen LogP contribution in [0.2, 0.25) is 0 Å². The van der Waals surface area contributed by atoms with E-state index in [1.54, 1.807) is 17.0 Å². The second-order valence-corrected chi connectivity index (χ2v) is 7.51. The number of hydrogen-bond donors (Lipinski definition) is 3. The molecule has 1 fully saturated rings. The largest absolute Gasteiger partial charge is 0.508 e. The highest BCUT2D eigenvalue weighted by atomic mass is 16.3. The minimum absolute atomic E-state index is 0.0463. The van der Waals surface area contributed by atoms with Crippen molar-refractivity contribution in [3.8, 4) is 18.1 Å². The Morgan fingerprint density at radius 3 is 2.62 bits per heavy atom. The standard InChI is InChI=1S/C10H19NO2.C10H9NO2/c1-10(2,3)6-9(13)11-5-4-8(12)7-11;1-2-8-3-4-9(6-11-7-12)10(13)5-8/h8,12H,4-7H2,1-3H3;1,3-5,7,13H,6H2,(H,11,12). The third-order valence-electron chi connectivity index (χ3n) is 3.83. The van der Waals surface area contributed by atoms with Crippen molar-refractivity contribution in [3.05, 3.63) is 29.3 Å². The first-order valence-electron chi connectivity index (χ1n) is 8.57. The second-order valence-electron chi connectivity index (χ2n) is 7.51. The Balaban J connectivity index is 0.000000260. The van der Waals surface area contributed by atoms with Gasteiger partial charge in [-0.1, -0.05) is 32.8 Å². The maximum Gasteiger partial charge on any atom is 0.223 e. The predicted octanol–water partition coefficient (Wildman–Crippen LogP) is 1.64. The molecule has 6 nitrogen and oxygen atoms in total. The van der Waals surface area contributed by atoms with Crippen LogP contribution in [0.3, 0.4) is 0 Å². The van der Waals surface area contributed by atoms with Crippen molar-refractivity contribution in [1.82, 2.24) is 10.2 Å². The fraction of sp³-hybridized carbons (Fsp3) is 0.500. The Morgan fingerprint density at radius 2 is 2.15 bits per heavy atom. The van der Waals surface area contributed by atoms with Gasteiger partial charge in [0, 0.05) is 37.2 Å². The molecule has 0 bridgehead atoms. The average molecular weight is 360 g/mol. The molecule has 1 aromatic rings. The van der Waals surface area contributed by atoms with Crippen LogP contribution in [-0.2, 0) is 16.1 Å². The Morgan fingerprint density at radius 1 is 1.46 bits per heavy atom. The molecule has 6 heteroatoms. The van der Waals surface area contributed by atoms with E-state index in [2.05, 4.69) is 32.0 Å². The molecule has 1 aromatic carbocycles. The van der Waals surface area contributed by atoms with Gasteiger partial charge < -0.3 is 20.4 Å². The number of amides is 2. The van der Waals surface area contributed by atoms with Crippen molar-refractivity contribution < 1.29 is 19.8 Å². The zero-order chi connectivity index (χ0) is 19.7. The zero-order valence-corrected chi connectivity index (χ0v) is 15.7. The molecule has 1 aliphatic heterocycles. The van der Waals surface area contributed by atoms with E-state index in [0.29, 0.717) is 37.0 Å². The second kappa shape index (κ2) is 9.83. The molecule has 2 amide bonds. The Hall–Kier alpha value is -2.52. The number of hydrogen-bond acceptors (Lipinski definition) is 4. The number of nitrogens with zero attached hydrogens (tertiary/aromatic N) is 1. The zero-order valence-electron chi connectivity index (χ0n) is 15.7. The fourth-order valence-corrected chi connectivity index (χ4v) is 2.49. The number of likely N-dealkylation sites (tertiary alicyclic amines) is 1. The van der Waals surface area contributed by atoms with E-state index in [0.717, 1.165) is 13.0 Å². The lowest BCUT2D eigenvalue weighted by Crippen LogP contribution is -2.32. The molecule has 0 aliphatic carbocycles. The van der Waals surface area contributed by atoms with Crippen molar-refractivity contribution in [1.29, 1.82) is 0 Å². The average Bonchev–Trinajstić information content (AvgIpc) is 2.99. The highest BCUT2D eigenvalue weighted by molar-refractivity contribution is 5.77. The van der Waals surface area contributed by atoms with Gasteiger partial charge in [-0.15, -0.1) is 6.42 Å². The molecule has 1 aliphatic rings. The number of aromatic hydroxyl groups is 1. The number of carbonyl (C=O) groups is 2. The van der Waals surface area contributed by atoms with Gasteiger partial charge in [-0.25, -0.2) is 0 Å². The molecule has 1 unspecified atom stereocenters. The molecule has 0 saturated carbocycles. The van der Waals surface area contributed by atoms with E-state index < -0.39 is 0 Å². The molecule has 2 rings (SSSR count). The van der Waals surface area contributed by atoms with Crippen LogP contribution < -0.4 is 5.32 Å². The molecule has 1 heterocycles. The van der Waals surface area contributed by atoms with E-state index in [1.807, 2.05) is 0 Å². The highest BCUT2D eigenvalue weighted by Crippen LogP contribution is 2.21. The summed E-state index contributed by atoms with van der Waals surface area (Å²) < 4.78 is 0. The van der Waals surface area contributed by atoms with Crippen LogP contribution >= 0.6 is 0 Å². The first kappa shape index (κ1) is 21.5. The number of carbonyl (C=O) groups excluding carboxylic acids is 2. The van der Waals surface area contributed by atoms with E-state index in [4.69, 9.17) is 6.42 Å². The molecule has 0 spiro atoms. The molecule has 3 N–H and O–H groups in total. The number of rotatable bonds is 4. The predicted molar refractivity (Wildman–Crippen MR) is 100 cm³/mol. The molecule has 1 atom stereocenters. The van der Waals surface area contributed by atoms with Gasteiger partial charge in [0.25, 0.3) is 0 Å². The molecule has 0 aromatic heterocycles. The van der Waals surface area contributed by atoms with Crippen molar-refractivity contribution in [2.45, 2.75) is 46.3 Å². The molecular formula is C20H28N2O4. The number of benzene rings is 1. The van der Waals surface area contributed by atoms with Gasteiger partial charge in [-0.2, -0.15) is 0 Å². The maximum atomic E-state index is 11.6. The summed E-state index contributed by atoms with van der Waals surface area (Å²) in [4.78, 5) is 23.4. The van der Waals surface area contributed by atoms with Gasteiger partial charge in [0.05, 0.1) is 6.10 Å². The number of nitrogens with one attached hydrogen (secondary N) is 1. The lowest BCUT2D eigenvalue weighted by Gasteiger charge is -2.22. The molecular weight excluding hydrogens is 332 g/mol. The first-order chi connectivity index (χ1) is 12.2. The smallest absolute Gasteiger partial charge is 0.223 e. The molecule has 26 heavy (non-hydrogen) atoms. The topological polar surface area (TPSA) is 89.9 Å². The van der Waals surface area contributed by atoms with E-state index in [-0.39, 0.29) is 23.2 Å². The number of aliphatic hydroxyl groups excluding tert-OH is 1. The molecule has 1 saturated heterocycles. The van der Waals surface area contributed by atoms with E-state index >= 15 is 0 Å². The summed E-state index contributed by atoms with van der Waals surface area (Å²) in [6.07, 6.45) is 6.71. The summed E-state index contributed by atoms with van der Waals surface area (Å²) in [5.74, 6) is 2.67. The minimum atomic E-state index is -0.302. The van der Waals surface area contributed by atoms with E-state index in [9.17, 15) is 19.8 Å². The number of phenolic OH excluding ortho intramolecular Hbond substituents is 1. The summed E-state index contributed by atoms with van der Waals surface area (Å²) in [6, 6.07) is 4.88. The van der Waals surface area contributed by atoms with Gasteiger partial charge >= 0.3 is 0 Å². The third-order valence-corrected chi connectivity index (χ3v) is 3.83. The van der Waals surface area contributed by atoms with Gasteiger partial charge in [0.15, 0.2) is 0 Å². The van der Waals surface area contributed by atoms with Crippen molar-refractivity contribution in [2.24, 2.45) is 5.41 Å². The van der Waals surface area contributed by atoms with Crippen LogP contribution in [-0.4, -0.2) is 46.6 Å². The van der Waals surface area contributed by atoms with Gasteiger partial charge in [-0.05, 0) is 24.0 Å². The van der Waals surface area contributed by atoms with Crippen LogP contribution in [0, 0.1) is 17.8 Å². The van der Waals surface area contributed by atoms with Gasteiger partial charge in [-0.3, -0.25) is 9.59 Å². The van der Waals surface area contributed by atoms with Gasteiger partial charge in [0.1, 0.15) is 5.75 Å². The van der Waals surface area contributed by atoms with Crippen LogP contribution in [0.5, 0.6) is 5.75 Å². The maximum absolute atomic E-state index is 11.6. The van der Waals surface area contributed by atoms with Crippen LogP contribution in [0.15, 0.2) is 18.2 Å². The first-order valence-corrected chi connectivity index (χ1v) is 8.57. The fourth-order valence-electron chi connectivity index (χ4n) is 2.49. The lowest BCUT2D eigenvalue weighted by molar-refractivity contribution is -0.132. The number of β-amino-alcohol motifs (C(OH)–C–C–N with tert-alkyl or cyclic N) is 1. The van der Waals surface area contributed by atoms with Crippen molar-refractivity contribution in [2.75, 3.05) is 13.1 Å². The SMILES string of the molecule is C#Cc1ccc(CNC=O)c(O)c1.CC(C)(C)CC(=O)N1CCC(O)C1.